The van der Waals surface area contributed by atoms with Crippen LogP contribution in [0, 0.1) is 0 Å². The molecular weight excluding hydrogens is 255 g/mol. The first kappa shape index (κ1) is 11.0. The van der Waals surface area contributed by atoms with Crippen LogP contribution in [0.25, 0.3) is 11.3 Å². The van der Waals surface area contributed by atoms with Gasteiger partial charge >= 0.3 is 0 Å². The summed E-state index contributed by atoms with van der Waals surface area (Å²) >= 11 is 11.9. The van der Waals surface area contributed by atoms with Crippen molar-refractivity contribution in [3.63, 3.8) is 0 Å². The Hall–Kier alpha value is -1.12. The molecule has 0 unspecified atom stereocenters. The van der Waals surface area contributed by atoms with Gasteiger partial charge in [0.05, 0.1) is 5.69 Å². The topological polar surface area (TPSA) is 25.8 Å². The van der Waals surface area contributed by atoms with Crippen molar-refractivity contribution >= 4 is 23.2 Å². The zero-order valence-corrected chi connectivity index (χ0v) is 10.6. The third-order valence-electron chi connectivity index (χ3n) is 3.06. The van der Waals surface area contributed by atoms with Crippen molar-refractivity contribution in [2.75, 3.05) is 0 Å². The van der Waals surface area contributed by atoms with Gasteiger partial charge in [0.15, 0.2) is 5.15 Å². The van der Waals surface area contributed by atoms with Crippen molar-refractivity contribution in [3.05, 3.63) is 45.6 Å². The lowest BCUT2D eigenvalue weighted by Crippen LogP contribution is -1.95. The monoisotopic (exact) mass is 264 g/mol. The second kappa shape index (κ2) is 4.28. The van der Waals surface area contributed by atoms with E-state index < -0.39 is 0 Å². The van der Waals surface area contributed by atoms with Crippen molar-refractivity contribution < 1.29 is 0 Å². The molecule has 0 atom stereocenters. The Morgan fingerprint density at radius 1 is 0.941 bits per heavy atom. The van der Waals surface area contributed by atoms with Crippen LogP contribution in [0.5, 0.6) is 0 Å². The molecule has 0 saturated heterocycles. The lowest BCUT2D eigenvalue weighted by Gasteiger charge is -2.07. The van der Waals surface area contributed by atoms with Crippen LogP contribution in [0.4, 0.5) is 0 Å². The highest BCUT2D eigenvalue weighted by Crippen LogP contribution is 2.33. The minimum atomic E-state index is 0.453. The Morgan fingerprint density at radius 2 is 1.76 bits per heavy atom. The fourth-order valence-electron chi connectivity index (χ4n) is 2.28. The summed E-state index contributed by atoms with van der Waals surface area (Å²) in [5, 5.41) is 9.34. The molecule has 1 heterocycles. The molecule has 0 spiro atoms. The zero-order chi connectivity index (χ0) is 11.8. The van der Waals surface area contributed by atoms with Crippen molar-refractivity contribution in [3.8, 4) is 11.3 Å². The Bertz CT molecular complexity index is 582. The minimum absolute atomic E-state index is 0.453. The van der Waals surface area contributed by atoms with E-state index in [0.29, 0.717) is 5.15 Å². The molecule has 0 fully saturated rings. The van der Waals surface area contributed by atoms with Gasteiger partial charge in [-0.3, -0.25) is 0 Å². The summed E-state index contributed by atoms with van der Waals surface area (Å²) in [6.45, 7) is 0. The maximum atomic E-state index is 6.05. The maximum Gasteiger partial charge on any atom is 0.152 e. The fourth-order valence-corrected chi connectivity index (χ4v) is 2.62. The van der Waals surface area contributed by atoms with Gasteiger partial charge < -0.3 is 0 Å². The molecule has 0 radical (unpaired) electrons. The van der Waals surface area contributed by atoms with Gasteiger partial charge in [-0.15, -0.1) is 10.2 Å². The maximum absolute atomic E-state index is 6.05. The van der Waals surface area contributed by atoms with Crippen LogP contribution in [-0.4, -0.2) is 10.2 Å². The number of fused-ring (bicyclic) bond motifs is 3. The fraction of sp³-hybridized carbons (Fsp3) is 0.231. The number of hydrogen-bond acceptors (Lipinski definition) is 2. The Morgan fingerprint density at radius 3 is 2.65 bits per heavy atom. The van der Waals surface area contributed by atoms with E-state index >= 15 is 0 Å². The summed E-state index contributed by atoms with van der Waals surface area (Å²) in [7, 11) is 0. The van der Waals surface area contributed by atoms with E-state index in [2.05, 4.69) is 16.3 Å². The van der Waals surface area contributed by atoms with Crippen LogP contribution in [0.1, 0.15) is 17.5 Å². The standard InChI is InChI=1S/C13H10Cl2N2/c14-10-5-4-8-2-1-3-9-6-12(15)16-17-13(9)11(8)7-10/h4-7H,1-3H2. The van der Waals surface area contributed by atoms with Crippen LogP contribution in [0.15, 0.2) is 24.3 Å². The molecule has 0 bridgehead atoms. The van der Waals surface area contributed by atoms with E-state index in [4.69, 9.17) is 23.2 Å². The molecule has 0 amide bonds. The average molecular weight is 265 g/mol. The highest BCUT2D eigenvalue weighted by atomic mass is 35.5. The molecule has 17 heavy (non-hydrogen) atoms. The smallest absolute Gasteiger partial charge is 0.149 e. The highest BCUT2D eigenvalue weighted by Gasteiger charge is 2.16. The molecular formula is C13H10Cl2N2. The number of hydrogen-bond donors (Lipinski definition) is 0. The number of benzene rings is 1. The van der Waals surface area contributed by atoms with Crippen molar-refractivity contribution in [2.24, 2.45) is 0 Å². The minimum Gasteiger partial charge on any atom is -0.149 e. The van der Waals surface area contributed by atoms with E-state index in [1.807, 2.05) is 18.2 Å². The first-order valence-electron chi connectivity index (χ1n) is 5.55. The first-order valence-corrected chi connectivity index (χ1v) is 6.30. The summed E-state index contributed by atoms with van der Waals surface area (Å²) in [5.41, 5.74) is 4.45. The SMILES string of the molecule is Clc1ccc2c(c1)-c1nnc(Cl)cc1CCC2. The van der Waals surface area contributed by atoms with Crippen LogP contribution in [0.3, 0.4) is 0 Å². The van der Waals surface area contributed by atoms with Crippen LogP contribution in [-0.2, 0) is 12.8 Å². The predicted molar refractivity (Wildman–Crippen MR) is 69.5 cm³/mol. The predicted octanol–water partition coefficient (Wildman–Crippen LogP) is 3.94. The zero-order valence-electron chi connectivity index (χ0n) is 9.08. The van der Waals surface area contributed by atoms with E-state index in [0.717, 1.165) is 41.1 Å². The molecule has 1 aliphatic rings. The van der Waals surface area contributed by atoms with Gasteiger partial charge in [-0.25, -0.2) is 0 Å². The summed E-state index contributed by atoms with van der Waals surface area (Å²) in [6, 6.07) is 7.86. The van der Waals surface area contributed by atoms with Gasteiger partial charge in [0.25, 0.3) is 0 Å². The van der Waals surface area contributed by atoms with Crippen molar-refractivity contribution in [1.29, 1.82) is 0 Å². The molecule has 3 rings (SSSR count). The summed E-state index contributed by atoms with van der Waals surface area (Å²) in [6.07, 6.45) is 3.13. The number of rotatable bonds is 0. The number of aryl methyl sites for hydroxylation is 2. The van der Waals surface area contributed by atoms with Crippen molar-refractivity contribution in [1.82, 2.24) is 10.2 Å². The van der Waals surface area contributed by atoms with Gasteiger partial charge in [0.2, 0.25) is 0 Å². The molecule has 0 saturated carbocycles. The number of aromatic nitrogens is 2. The lowest BCUT2D eigenvalue weighted by molar-refractivity contribution is 0.829. The number of halogens is 2. The molecule has 0 aliphatic heterocycles. The summed E-state index contributed by atoms with van der Waals surface area (Å²) in [5.74, 6) is 0. The van der Waals surface area contributed by atoms with Gasteiger partial charge in [-0.1, -0.05) is 29.3 Å². The molecule has 4 heteroatoms. The van der Waals surface area contributed by atoms with E-state index in [-0.39, 0.29) is 0 Å². The Kier molecular flexibility index (Phi) is 2.77. The quantitative estimate of drug-likeness (QED) is 0.721. The van der Waals surface area contributed by atoms with Crippen LogP contribution >= 0.6 is 23.2 Å². The third-order valence-corrected chi connectivity index (χ3v) is 3.48. The highest BCUT2D eigenvalue weighted by molar-refractivity contribution is 6.31. The average Bonchev–Trinajstić information content (AvgIpc) is 2.47. The van der Waals surface area contributed by atoms with E-state index in [9.17, 15) is 0 Å². The molecule has 1 aromatic carbocycles. The molecule has 1 aromatic heterocycles. The molecule has 2 nitrogen and oxygen atoms in total. The largest absolute Gasteiger partial charge is 0.152 e. The van der Waals surface area contributed by atoms with E-state index in [1.165, 1.54) is 5.56 Å². The van der Waals surface area contributed by atoms with Crippen LogP contribution < -0.4 is 0 Å². The normalized spacial score (nSPS) is 13.8. The second-order valence-corrected chi connectivity index (χ2v) is 5.02. The lowest BCUT2D eigenvalue weighted by atomic mass is 10.0. The van der Waals surface area contributed by atoms with E-state index in [1.54, 1.807) is 0 Å². The summed E-state index contributed by atoms with van der Waals surface area (Å²) < 4.78 is 0. The van der Waals surface area contributed by atoms with Gasteiger partial charge in [-0.2, -0.15) is 0 Å². The Balaban J connectivity index is 2.26. The second-order valence-electron chi connectivity index (χ2n) is 4.20. The van der Waals surface area contributed by atoms with Crippen molar-refractivity contribution in [2.45, 2.75) is 19.3 Å². The summed E-state index contributed by atoms with van der Waals surface area (Å²) in [4.78, 5) is 0. The third kappa shape index (κ3) is 2.03. The molecule has 2 aromatic rings. The van der Waals surface area contributed by atoms with Gasteiger partial charge in [0, 0.05) is 10.6 Å². The Labute approximate surface area is 110 Å². The number of nitrogens with zero attached hydrogens (tertiary/aromatic N) is 2. The molecule has 0 N–H and O–H groups in total. The first-order chi connectivity index (χ1) is 8.24. The van der Waals surface area contributed by atoms with Crippen LogP contribution in [0.2, 0.25) is 10.2 Å². The molecule has 86 valence electrons. The molecule has 1 aliphatic carbocycles. The van der Waals surface area contributed by atoms with Gasteiger partial charge in [0.1, 0.15) is 0 Å². The van der Waals surface area contributed by atoms with Gasteiger partial charge in [-0.05, 0) is 48.6 Å².